The maximum absolute atomic E-state index is 12.9. The summed E-state index contributed by atoms with van der Waals surface area (Å²) < 4.78 is 25.6. The number of rotatable bonds is 3. The number of nitrogens with two attached hydrogens (primary N) is 1. The maximum atomic E-state index is 12.9. The molecule has 0 amide bonds. The van der Waals surface area contributed by atoms with Crippen LogP contribution in [0.15, 0.2) is 18.2 Å². The number of hydrogen-bond donors (Lipinski definition) is 2. The first-order valence-electron chi connectivity index (χ1n) is 5.58. The summed E-state index contributed by atoms with van der Waals surface area (Å²) >= 11 is 0. The van der Waals surface area contributed by atoms with Crippen molar-refractivity contribution in [2.24, 2.45) is 5.73 Å². The molecule has 0 saturated heterocycles. The fourth-order valence-corrected chi connectivity index (χ4v) is 2.11. The number of hydrogen-bond acceptors (Lipinski definition) is 2. The summed E-state index contributed by atoms with van der Waals surface area (Å²) in [4.78, 5) is 0. The third kappa shape index (κ3) is 2.77. The lowest BCUT2D eigenvalue weighted by molar-refractivity contribution is 0.497. The molecule has 0 spiro atoms. The molecule has 1 saturated carbocycles. The van der Waals surface area contributed by atoms with E-state index in [0.29, 0.717) is 12.6 Å². The average Bonchev–Trinajstić information content (AvgIpc) is 2.66. The van der Waals surface area contributed by atoms with Gasteiger partial charge in [0, 0.05) is 18.6 Å². The molecule has 0 aromatic heterocycles. The predicted octanol–water partition coefficient (Wildman–Crippen LogP) is 1.93. The molecule has 0 radical (unpaired) electrons. The van der Waals surface area contributed by atoms with Crippen molar-refractivity contribution < 1.29 is 8.78 Å². The van der Waals surface area contributed by atoms with Gasteiger partial charge in [-0.15, -0.1) is 0 Å². The molecule has 16 heavy (non-hydrogen) atoms. The van der Waals surface area contributed by atoms with Gasteiger partial charge in [-0.25, -0.2) is 8.78 Å². The molecule has 2 atom stereocenters. The first-order chi connectivity index (χ1) is 7.65. The second-order valence-corrected chi connectivity index (χ2v) is 4.40. The largest absolute Gasteiger partial charge is 0.328 e. The topological polar surface area (TPSA) is 38.0 Å². The Balaban J connectivity index is 1.87. The van der Waals surface area contributed by atoms with E-state index in [1.54, 1.807) is 6.07 Å². The lowest BCUT2D eigenvalue weighted by atomic mass is 10.2. The zero-order valence-corrected chi connectivity index (χ0v) is 9.05. The van der Waals surface area contributed by atoms with E-state index in [2.05, 4.69) is 5.32 Å². The van der Waals surface area contributed by atoms with Gasteiger partial charge < -0.3 is 11.1 Å². The van der Waals surface area contributed by atoms with Crippen molar-refractivity contribution >= 4 is 0 Å². The molecule has 0 heterocycles. The molecular formula is C12H16F2N2. The zero-order chi connectivity index (χ0) is 11.5. The standard InChI is InChI=1S/C12H16F2N2/c13-11-4-1-8(5-12(11)14)7-16-10-3-2-9(15)6-10/h1,4-5,9-10,16H,2-3,6-7,15H2. The Morgan fingerprint density at radius 1 is 1.25 bits per heavy atom. The lowest BCUT2D eigenvalue weighted by Crippen LogP contribution is -2.28. The molecule has 1 aromatic rings. The molecule has 88 valence electrons. The molecule has 2 unspecified atom stereocenters. The van der Waals surface area contributed by atoms with Crippen molar-refractivity contribution in [3.63, 3.8) is 0 Å². The summed E-state index contributed by atoms with van der Waals surface area (Å²) in [5, 5.41) is 3.31. The van der Waals surface area contributed by atoms with Crippen LogP contribution >= 0.6 is 0 Å². The number of benzene rings is 1. The number of halogens is 2. The van der Waals surface area contributed by atoms with Gasteiger partial charge in [0.05, 0.1) is 0 Å². The summed E-state index contributed by atoms with van der Waals surface area (Å²) in [7, 11) is 0. The normalized spacial score (nSPS) is 24.9. The summed E-state index contributed by atoms with van der Waals surface area (Å²) in [5.41, 5.74) is 6.55. The first kappa shape index (κ1) is 11.5. The third-order valence-corrected chi connectivity index (χ3v) is 3.05. The Morgan fingerprint density at radius 3 is 2.69 bits per heavy atom. The molecule has 0 bridgehead atoms. The van der Waals surface area contributed by atoms with Crippen molar-refractivity contribution in [1.82, 2.24) is 5.32 Å². The summed E-state index contributed by atoms with van der Waals surface area (Å²) in [5.74, 6) is -1.59. The molecule has 4 heteroatoms. The van der Waals surface area contributed by atoms with Gasteiger partial charge in [-0.3, -0.25) is 0 Å². The predicted molar refractivity (Wildman–Crippen MR) is 58.8 cm³/mol. The van der Waals surface area contributed by atoms with Crippen LogP contribution in [0.1, 0.15) is 24.8 Å². The van der Waals surface area contributed by atoms with Crippen molar-refractivity contribution in [1.29, 1.82) is 0 Å². The molecule has 0 aliphatic heterocycles. The van der Waals surface area contributed by atoms with E-state index in [9.17, 15) is 8.78 Å². The molecule has 2 rings (SSSR count). The highest BCUT2D eigenvalue weighted by molar-refractivity contribution is 5.17. The van der Waals surface area contributed by atoms with Crippen LogP contribution in [0.4, 0.5) is 8.78 Å². The van der Waals surface area contributed by atoms with E-state index >= 15 is 0 Å². The zero-order valence-electron chi connectivity index (χ0n) is 9.05. The number of nitrogens with one attached hydrogen (secondary N) is 1. The molecule has 1 fully saturated rings. The van der Waals surface area contributed by atoms with E-state index in [1.165, 1.54) is 6.07 Å². The highest BCUT2D eigenvalue weighted by Gasteiger charge is 2.20. The van der Waals surface area contributed by atoms with Gasteiger partial charge in [-0.05, 0) is 37.0 Å². The van der Waals surface area contributed by atoms with Crippen LogP contribution in [0.5, 0.6) is 0 Å². The van der Waals surface area contributed by atoms with Crippen molar-refractivity contribution in [3.05, 3.63) is 35.4 Å². The SMILES string of the molecule is NC1CCC(NCc2ccc(F)c(F)c2)C1. The molecule has 2 nitrogen and oxygen atoms in total. The quantitative estimate of drug-likeness (QED) is 0.826. The molecule has 3 N–H and O–H groups in total. The van der Waals surface area contributed by atoms with Crippen molar-refractivity contribution in [2.45, 2.75) is 37.9 Å². The summed E-state index contributed by atoms with van der Waals surface area (Å²) in [6, 6.07) is 4.68. The van der Waals surface area contributed by atoms with Gasteiger partial charge in [-0.2, -0.15) is 0 Å². The van der Waals surface area contributed by atoms with Gasteiger partial charge in [0.1, 0.15) is 0 Å². The van der Waals surface area contributed by atoms with Crippen LogP contribution in [0.25, 0.3) is 0 Å². The smallest absolute Gasteiger partial charge is 0.159 e. The Bertz CT molecular complexity index is 368. The van der Waals surface area contributed by atoms with Gasteiger partial charge in [0.25, 0.3) is 0 Å². The van der Waals surface area contributed by atoms with Crippen LogP contribution in [-0.4, -0.2) is 12.1 Å². The maximum Gasteiger partial charge on any atom is 0.159 e. The third-order valence-electron chi connectivity index (χ3n) is 3.05. The fourth-order valence-electron chi connectivity index (χ4n) is 2.11. The lowest BCUT2D eigenvalue weighted by Gasteiger charge is -2.12. The molecule has 1 aliphatic rings. The van der Waals surface area contributed by atoms with Gasteiger partial charge in [-0.1, -0.05) is 6.07 Å². The van der Waals surface area contributed by atoms with Gasteiger partial charge >= 0.3 is 0 Å². The van der Waals surface area contributed by atoms with E-state index in [4.69, 9.17) is 5.73 Å². The second kappa shape index (κ2) is 4.89. The van der Waals surface area contributed by atoms with E-state index < -0.39 is 11.6 Å². The molecular weight excluding hydrogens is 210 g/mol. The monoisotopic (exact) mass is 226 g/mol. The molecule has 1 aliphatic carbocycles. The van der Waals surface area contributed by atoms with Crippen LogP contribution in [0.2, 0.25) is 0 Å². The van der Waals surface area contributed by atoms with Crippen LogP contribution in [-0.2, 0) is 6.54 Å². The minimum atomic E-state index is -0.799. The van der Waals surface area contributed by atoms with Crippen molar-refractivity contribution in [2.75, 3.05) is 0 Å². The Hall–Kier alpha value is -1.00. The summed E-state index contributed by atoms with van der Waals surface area (Å²) in [6.45, 7) is 0.564. The Labute approximate surface area is 93.8 Å². The van der Waals surface area contributed by atoms with Gasteiger partial charge in [0.15, 0.2) is 11.6 Å². The van der Waals surface area contributed by atoms with Gasteiger partial charge in [0.2, 0.25) is 0 Å². The Kier molecular flexibility index (Phi) is 3.51. The van der Waals surface area contributed by atoms with E-state index in [-0.39, 0.29) is 6.04 Å². The minimum Gasteiger partial charge on any atom is -0.328 e. The minimum absolute atomic E-state index is 0.280. The summed E-state index contributed by atoms with van der Waals surface area (Å²) in [6.07, 6.45) is 3.06. The average molecular weight is 226 g/mol. The van der Waals surface area contributed by atoms with Crippen LogP contribution in [0, 0.1) is 11.6 Å². The molecule has 1 aromatic carbocycles. The van der Waals surface area contributed by atoms with Crippen LogP contribution in [0.3, 0.4) is 0 Å². The van der Waals surface area contributed by atoms with E-state index in [0.717, 1.165) is 30.9 Å². The Morgan fingerprint density at radius 2 is 2.06 bits per heavy atom. The van der Waals surface area contributed by atoms with Crippen molar-refractivity contribution in [3.8, 4) is 0 Å². The highest BCUT2D eigenvalue weighted by Crippen LogP contribution is 2.17. The highest BCUT2D eigenvalue weighted by atomic mass is 19.2. The van der Waals surface area contributed by atoms with E-state index in [1.807, 2.05) is 0 Å². The first-order valence-corrected chi connectivity index (χ1v) is 5.58. The fraction of sp³-hybridized carbons (Fsp3) is 0.500. The second-order valence-electron chi connectivity index (χ2n) is 4.40. The van der Waals surface area contributed by atoms with Crippen LogP contribution < -0.4 is 11.1 Å².